The summed E-state index contributed by atoms with van der Waals surface area (Å²) >= 11 is 12.0. The summed E-state index contributed by atoms with van der Waals surface area (Å²) in [5.41, 5.74) is 1.72. The maximum Gasteiger partial charge on any atom is 0.263 e. The van der Waals surface area contributed by atoms with Gasteiger partial charge in [0.15, 0.2) is 17.5 Å². The van der Waals surface area contributed by atoms with E-state index >= 15 is 8.78 Å². The molecule has 3 N–H and O–H groups in total. The maximum absolute atomic E-state index is 15.7. The number of sulfonamides is 1. The van der Waals surface area contributed by atoms with E-state index in [9.17, 15) is 8.42 Å². The molecule has 0 saturated carbocycles. The van der Waals surface area contributed by atoms with E-state index in [2.05, 4.69) is 45.5 Å². The van der Waals surface area contributed by atoms with E-state index in [1.54, 1.807) is 16.8 Å². The lowest BCUT2D eigenvalue weighted by atomic mass is 10.2. The predicted molar refractivity (Wildman–Crippen MR) is 172 cm³/mol. The highest BCUT2D eigenvalue weighted by molar-refractivity contribution is 7.92. The van der Waals surface area contributed by atoms with E-state index in [4.69, 9.17) is 23.2 Å². The minimum atomic E-state index is -4.40. The highest BCUT2D eigenvalue weighted by atomic mass is 35.5. The van der Waals surface area contributed by atoms with Gasteiger partial charge in [0.2, 0.25) is 0 Å². The van der Waals surface area contributed by atoms with Gasteiger partial charge >= 0.3 is 0 Å². The number of aromatic nitrogens is 6. The van der Waals surface area contributed by atoms with Gasteiger partial charge in [-0.1, -0.05) is 40.5 Å². The number of hydrogen-bond acceptors (Lipinski definition) is 10. The summed E-state index contributed by atoms with van der Waals surface area (Å²) in [6.07, 6.45) is 1.21. The van der Waals surface area contributed by atoms with Crippen LogP contribution in [0.2, 0.25) is 10.0 Å². The number of fused-ring (bicyclic) bond motifs is 2. The van der Waals surface area contributed by atoms with Crippen molar-refractivity contribution < 1.29 is 17.2 Å². The molecule has 1 aliphatic rings. The topological polar surface area (TPSA) is 143 Å². The van der Waals surface area contributed by atoms with Gasteiger partial charge in [0, 0.05) is 26.2 Å². The highest BCUT2D eigenvalue weighted by Gasteiger charge is 2.24. The molecule has 4 heterocycles. The fourth-order valence-corrected chi connectivity index (χ4v) is 6.98. The van der Waals surface area contributed by atoms with Crippen LogP contribution in [0.25, 0.3) is 27.9 Å². The molecule has 3 aromatic heterocycles. The Bertz CT molecular complexity index is 2250. The van der Waals surface area contributed by atoms with Crippen LogP contribution >= 0.6 is 23.2 Å². The van der Waals surface area contributed by atoms with Crippen molar-refractivity contribution in [1.82, 2.24) is 35.3 Å². The van der Waals surface area contributed by atoms with Crippen molar-refractivity contribution in [3.8, 4) is 5.82 Å². The normalized spacial score (nSPS) is 13.8. The van der Waals surface area contributed by atoms with E-state index in [1.165, 1.54) is 24.5 Å². The number of halogens is 4. The Labute approximate surface area is 270 Å². The quantitative estimate of drug-likeness (QED) is 0.203. The molecule has 0 amide bonds. The van der Waals surface area contributed by atoms with Crippen LogP contribution in [-0.2, 0) is 10.0 Å². The van der Waals surface area contributed by atoms with Crippen LogP contribution in [0.5, 0.6) is 0 Å². The van der Waals surface area contributed by atoms with Crippen LogP contribution in [-0.4, -0.2) is 64.5 Å². The van der Waals surface area contributed by atoms with E-state index in [1.807, 2.05) is 18.2 Å². The van der Waals surface area contributed by atoms with Crippen molar-refractivity contribution in [3.05, 3.63) is 88.7 Å². The number of benzene rings is 3. The van der Waals surface area contributed by atoms with Gasteiger partial charge in [0.25, 0.3) is 10.0 Å². The van der Waals surface area contributed by atoms with Crippen molar-refractivity contribution in [2.75, 3.05) is 41.1 Å². The van der Waals surface area contributed by atoms with Gasteiger partial charge in [-0.25, -0.2) is 32.2 Å². The third-order valence-electron chi connectivity index (χ3n) is 7.38. The van der Waals surface area contributed by atoms with E-state index < -0.39 is 33.0 Å². The Morgan fingerprint density at radius 3 is 2.54 bits per heavy atom. The van der Waals surface area contributed by atoms with Gasteiger partial charge in [-0.15, -0.1) is 5.10 Å². The first kappa shape index (κ1) is 30.0. The summed E-state index contributed by atoms with van der Waals surface area (Å²) in [6.45, 7) is 3.38. The Morgan fingerprint density at radius 1 is 0.913 bits per heavy atom. The summed E-state index contributed by atoms with van der Waals surface area (Å²) in [7, 11) is -4.40. The number of piperazine rings is 1. The summed E-state index contributed by atoms with van der Waals surface area (Å²) in [5.74, 6) is -1.90. The van der Waals surface area contributed by atoms with Crippen molar-refractivity contribution in [1.29, 1.82) is 0 Å². The second-order valence-electron chi connectivity index (χ2n) is 10.2. The first-order valence-corrected chi connectivity index (χ1v) is 16.1. The average molecular weight is 684 g/mol. The van der Waals surface area contributed by atoms with E-state index in [0.717, 1.165) is 44.0 Å². The summed E-state index contributed by atoms with van der Waals surface area (Å²) in [4.78, 5) is 14.9. The molecule has 12 nitrogen and oxygen atoms in total. The average Bonchev–Trinajstić information content (AvgIpc) is 3.50. The number of anilines is 4. The molecule has 46 heavy (non-hydrogen) atoms. The molecule has 0 atom stereocenters. The van der Waals surface area contributed by atoms with Crippen LogP contribution in [0.1, 0.15) is 0 Å². The first-order chi connectivity index (χ1) is 22.2. The SMILES string of the molecule is O=S(=O)(Nc1ccc(F)c(Nc2ncnc3ccc(-n4nnc5c(N6CCNCC6)cccc54)nc23)c1F)c1cccc(Cl)c1Cl. The van der Waals surface area contributed by atoms with E-state index in [-0.39, 0.29) is 26.3 Å². The zero-order chi connectivity index (χ0) is 32.0. The van der Waals surface area contributed by atoms with Gasteiger partial charge in [-0.05, 0) is 48.5 Å². The smallest absolute Gasteiger partial charge is 0.263 e. The van der Waals surface area contributed by atoms with Gasteiger partial charge in [0.1, 0.15) is 33.8 Å². The molecule has 234 valence electrons. The molecule has 0 radical (unpaired) electrons. The molecule has 0 aliphatic carbocycles. The van der Waals surface area contributed by atoms with Crippen LogP contribution in [0.4, 0.5) is 31.7 Å². The molecule has 3 aromatic carbocycles. The number of pyridine rings is 1. The van der Waals surface area contributed by atoms with Gasteiger partial charge in [0.05, 0.1) is 32.5 Å². The van der Waals surface area contributed by atoms with Crippen LogP contribution < -0.4 is 20.3 Å². The summed E-state index contributed by atoms with van der Waals surface area (Å²) < 4.78 is 60.5. The lowest BCUT2D eigenvalue weighted by molar-refractivity contribution is 0.588. The lowest BCUT2D eigenvalue weighted by Gasteiger charge is -2.29. The van der Waals surface area contributed by atoms with Crippen molar-refractivity contribution in [2.24, 2.45) is 0 Å². The number of rotatable bonds is 7. The van der Waals surface area contributed by atoms with Crippen molar-refractivity contribution in [2.45, 2.75) is 4.90 Å². The van der Waals surface area contributed by atoms with Gasteiger partial charge < -0.3 is 15.5 Å². The molecule has 1 fully saturated rings. The third-order valence-corrected chi connectivity index (χ3v) is 9.72. The Morgan fingerprint density at radius 2 is 1.72 bits per heavy atom. The maximum atomic E-state index is 15.7. The van der Waals surface area contributed by atoms with E-state index in [0.29, 0.717) is 22.4 Å². The zero-order valence-electron chi connectivity index (χ0n) is 23.5. The van der Waals surface area contributed by atoms with Crippen LogP contribution in [0.3, 0.4) is 0 Å². The second-order valence-corrected chi connectivity index (χ2v) is 12.6. The Balaban J connectivity index is 1.25. The molecular weight excluding hydrogens is 661 g/mol. The molecule has 17 heteroatoms. The lowest BCUT2D eigenvalue weighted by Crippen LogP contribution is -2.43. The number of hydrogen-bond donors (Lipinski definition) is 3. The van der Waals surface area contributed by atoms with Crippen LogP contribution in [0, 0.1) is 11.6 Å². The highest BCUT2D eigenvalue weighted by Crippen LogP contribution is 2.34. The molecule has 0 spiro atoms. The van der Waals surface area contributed by atoms with Crippen molar-refractivity contribution in [3.63, 3.8) is 0 Å². The minimum Gasteiger partial charge on any atom is -0.367 e. The number of nitrogens with zero attached hydrogens (tertiary/aromatic N) is 7. The molecular formula is C29H22Cl2F2N10O2S. The van der Waals surface area contributed by atoms with Gasteiger partial charge in [-0.2, -0.15) is 4.68 Å². The molecule has 1 saturated heterocycles. The predicted octanol–water partition coefficient (Wildman–Crippen LogP) is 5.30. The largest absolute Gasteiger partial charge is 0.367 e. The fourth-order valence-electron chi connectivity index (χ4n) is 5.16. The molecule has 0 bridgehead atoms. The molecule has 6 aromatic rings. The molecule has 7 rings (SSSR count). The third kappa shape index (κ3) is 5.40. The van der Waals surface area contributed by atoms with Gasteiger partial charge in [-0.3, -0.25) is 4.72 Å². The summed E-state index contributed by atoms with van der Waals surface area (Å²) in [5, 5.41) is 14.5. The Kier molecular flexibility index (Phi) is 7.76. The Hall–Kier alpha value is -4.70. The fraction of sp³-hybridized carbons (Fsp3) is 0.138. The monoisotopic (exact) mass is 682 g/mol. The van der Waals surface area contributed by atoms with Crippen LogP contribution in [0.15, 0.2) is 71.9 Å². The number of nitrogens with one attached hydrogen (secondary N) is 3. The standard InChI is InChI=1S/C29H22Cl2F2N10O2S/c30-16-3-1-6-22(24(16)31)46(44,45)40-18-8-7-17(32)26(25(18)33)38-29-27-19(35-15-36-29)9-10-23(37-27)43-21-5-2-4-20(28(21)39-41-43)42-13-11-34-12-14-42/h1-10,15,34,40H,11-14H2,(H,35,36,38). The van der Waals surface area contributed by atoms with Crippen molar-refractivity contribution >= 4 is 78.2 Å². The molecule has 1 aliphatic heterocycles. The minimum absolute atomic E-state index is 0.00661. The second kappa shape index (κ2) is 11.9. The summed E-state index contributed by atoms with van der Waals surface area (Å²) in [6, 6.07) is 15.0. The zero-order valence-corrected chi connectivity index (χ0v) is 25.9. The first-order valence-electron chi connectivity index (χ1n) is 13.9. The molecule has 0 unspecified atom stereocenters.